The van der Waals surface area contributed by atoms with Crippen LogP contribution in [0.2, 0.25) is 0 Å². The summed E-state index contributed by atoms with van der Waals surface area (Å²) >= 11 is 0. The summed E-state index contributed by atoms with van der Waals surface area (Å²) < 4.78 is 14.0. The quantitative estimate of drug-likeness (QED) is 0.500. The lowest BCUT2D eigenvalue weighted by atomic mass is 9.62. The van der Waals surface area contributed by atoms with Gasteiger partial charge in [-0.2, -0.15) is 0 Å². The van der Waals surface area contributed by atoms with E-state index in [2.05, 4.69) is 43.6 Å². The van der Waals surface area contributed by atoms with Gasteiger partial charge in [-0.05, 0) is 81.1 Å². The lowest BCUT2D eigenvalue weighted by Crippen LogP contribution is -2.55. The van der Waals surface area contributed by atoms with E-state index < -0.39 is 0 Å². The number of hydrogen-bond acceptors (Lipinski definition) is 3. The number of nitrogens with zero attached hydrogens (tertiary/aromatic N) is 1. The zero-order chi connectivity index (χ0) is 24.1. The van der Waals surface area contributed by atoms with Gasteiger partial charge in [0.2, 0.25) is 0 Å². The molecule has 5 heteroatoms. The Balaban J connectivity index is 1.56. The van der Waals surface area contributed by atoms with Gasteiger partial charge in [0, 0.05) is 30.3 Å². The molecular formula is C29H42N2O3. The molecule has 3 fully saturated rings. The van der Waals surface area contributed by atoms with Crippen molar-refractivity contribution in [2.45, 2.75) is 97.8 Å². The fourth-order valence-corrected chi connectivity index (χ4v) is 8.19. The Morgan fingerprint density at radius 1 is 1.21 bits per heavy atom. The molecule has 0 radical (unpaired) electrons. The molecule has 5 nitrogen and oxygen atoms in total. The van der Waals surface area contributed by atoms with Gasteiger partial charge in [-0.15, -0.1) is 0 Å². The zero-order valence-electron chi connectivity index (χ0n) is 21.7. The number of fused-ring (bicyclic) bond motifs is 3. The highest BCUT2D eigenvalue weighted by atomic mass is 16.5. The summed E-state index contributed by atoms with van der Waals surface area (Å²) in [6.45, 7) is 10.7. The van der Waals surface area contributed by atoms with Crippen LogP contribution in [0.4, 0.5) is 0 Å². The van der Waals surface area contributed by atoms with Gasteiger partial charge in [0.05, 0.1) is 24.3 Å². The minimum atomic E-state index is 0.0819. The summed E-state index contributed by atoms with van der Waals surface area (Å²) in [6.07, 6.45) is 9.60. The largest absolute Gasteiger partial charge is 0.495 e. The number of hydrogen-bond donors (Lipinski definition) is 1. The van der Waals surface area contributed by atoms with Crippen molar-refractivity contribution in [2.24, 2.45) is 16.7 Å². The third kappa shape index (κ3) is 3.33. The van der Waals surface area contributed by atoms with Crippen LogP contribution in [0.3, 0.4) is 0 Å². The molecule has 1 saturated heterocycles. The normalized spacial score (nSPS) is 29.7. The number of para-hydroxylation sites is 1. The predicted molar refractivity (Wildman–Crippen MR) is 137 cm³/mol. The SMILES string of the molecule is CCC1(CC)C2CC[C@@](CC)(C2)[C@@H]1NC(=O)c1c(C)n(CC2CCCO2)c2c(OC)cccc12. The van der Waals surface area contributed by atoms with Crippen LogP contribution in [-0.2, 0) is 11.3 Å². The minimum Gasteiger partial charge on any atom is -0.495 e. The van der Waals surface area contributed by atoms with Gasteiger partial charge < -0.3 is 19.4 Å². The Bertz CT molecular complexity index is 1060. The number of amides is 1. The third-order valence-corrected chi connectivity index (χ3v) is 10.1. The van der Waals surface area contributed by atoms with Crippen molar-refractivity contribution < 1.29 is 14.3 Å². The first-order chi connectivity index (χ1) is 16.4. The number of nitrogens with one attached hydrogen (secondary N) is 1. The molecule has 2 aliphatic carbocycles. The molecule has 3 aliphatic rings. The maximum Gasteiger partial charge on any atom is 0.253 e. The van der Waals surface area contributed by atoms with Crippen molar-refractivity contribution in [1.82, 2.24) is 9.88 Å². The van der Waals surface area contributed by atoms with Crippen LogP contribution in [0.25, 0.3) is 10.9 Å². The van der Waals surface area contributed by atoms with Crippen molar-refractivity contribution >= 4 is 16.8 Å². The first kappa shape index (κ1) is 23.7. The molecule has 2 heterocycles. The van der Waals surface area contributed by atoms with Crippen molar-refractivity contribution in [2.75, 3.05) is 13.7 Å². The molecule has 1 aromatic carbocycles. The van der Waals surface area contributed by atoms with Gasteiger partial charge in [-0.3, -0.25) is 4.79 Å². The van der Waals surface area contributed by atoms with Gasteiger partial charge in [0.15, 0.2) is 0 Å². The van der Waals surface area contributed by atoms with Crippen LogP contribution in [0.15, 0.2) is 18.2 Å². The van der Waals surface area contributed by atoms with Gasteiger partial charge in [0.25, 0.3) is 5.91 Å². The maximum atomic E-state index is 14.1. The van der Waals surface area contributed by atoms with Crippen molar-refractivity contribution in [3.05, 3.63) is 29.5 Å². The van der Waals surface area contributed by atoms with E-state index in [1.807, 2.05) is 12.1 Å². The summed E-state index contributed by atoms with van der Waals surface area (Å²) in [6, 6.07) is 6.32. The van der Waals surface area contributed by atoms with E-state index in [0.717, 1.165) is 79.1 Å². The molecule has 186 valence electrons. The number of benzene rings is 1. The van der Waals surface area contributed by atoms with Gasteiger partial charge in [-0.1, -0.05) is 32.9 Å². The standard InChI is InChI=1S/C29H42N2O3/c1-6-28-15-14-20(17-28)29(7-2,8-3)27(28)30-26(32)24-19(4)31(18-21-11-10-16-34-21)25-22(24)12-9-13-23(25)33-5/h9,12-13,20-21,27H,6-8,10-11,14-18H2,1-5H3,(H,30,32)/t20?,21?,27-,28-/m0/s1. The topological polar surface area (TPSA) is 52.5 Å². The van der Waals surface area contributed by atoms with E-state index in [4.69, 9.17) is 9.47 Å². The summed E-state index contributed by atoms with van der Waals surface area (Å²) in [7, 11) is 1.71. The van der Waals surface area contributed by atoms with Crippen molar-refractivity contribution in [3.63, 3.8) is 0 Å². The van der Waals surface area contributed by atoms with Crippen LogP contribution in [-0.4, -0.2) is 36.3 Å². The van der Waals surface area contributed by atoms with Gasteiger partial charge >= 0.3 is 0 Å². The first-order valence-electron chi connectivity index (χ1n) is 13.5. The van der Waals surface area contributed by atoms with Crippen LogP contribution >= 0.6 is 0 Å². The second kappa shape index (κ2) is 8.89. The van der Waals surface area contributed by atoms with E-state index in [9.17, 15) is 4.79 Å². The van der Waals surface area contributed by atoms with Crippen LogP contribution < -0.4 is 10.1 Å². The van der Waals surface area contributed by atoms with Crippen LogP contribution in [0.5, 0.6) is 5.75 Å². The molecule has 2 unspecified atom stereocenters. The molecule has 34 heavy (non-hydrogen) atoms. The minimum absolute atomic E-state index is 0.0819. The molecule has 5 rings (SSSR count). The smallest absolute Gasteiger partial charge is 0.253 e. The first-order valence-corrected chi connectivity index (χ1v) is 13.5. The van der Waals surface area contributed by atoms with E-state index in [1.54, 1.807) is 7.11 Å². The highest BCUT2D eigenvalue weighted by Gasteiger charge is 2.63. The molecule has 1 aliphatic heterocycles. The second-order valence-electron chi connectivity index (χ2n) is 11.1. The monoisotopic (exact) mass is 466 g/mol. The highest BCUT2D eigenvalue weighted by Crippen LogP contribution is 2.66. The molecule has 2 aromatic rings. The Kier molecular flexibility index (Phi) is 6.20. The van der Waals surface area contributed by atoms with E-state index in [1.165, 1.54) is 19.3 Å². The molecule has 0 spiro atoms. The number of aromatic nitrogens is 1. The van der Waals surface area contributed by atoms with E-state index in [-0.39, 0.29) is 28.9 Å². The zero-order valence-corrected chi connectivity index (χ0v) is 21.7. The molecular weight excluding hydrogens is 424 g/mol. The Labute approximate surface area is 204 Å². The fraction of sp³-hybridized carbons (Fsp3) is 0.690. The van der Waals surface area contributed by atoms with Crippen molar-refractivity contribution in [1.29, 1.82) is 0 Å². The Morgan fingerprint density at radius 3 is 2.65 bits per heavy atom. The molecule has 1 aromatic heterocycles. The van der Waals surface area contributed by atoms with Crippen LogP contribution in [0.1, 0.15) is 88.2 Å². The van der Waals surface area contributed by atoms with Crippen molar-refractivity contribution in [3.8, 4) is 5.75 Å². The number of rotatable bonds is 8. The molecule has 1 amide bonds. The summed E-state index contributed by atoms with van der Waals surface area (Å²) in [5.74, 6) is 1.63. The summed E-state index contributed by atoms with van der Waals surface area (Å²) in [4.78, 5) is 14.1. The average Bonchev–Trinajstić information content (AvgIpc) is 3.63. The van der Waals surface area contributed by atoms with E-state index >= 15 is 0 Å². The average molecular weight is 467 g/mol. The number of ether oxygens (including phenoxy) is 2. The highest BCUT2D eigenvalue weighted by molar-refractivity contribution is 6.10. The molecule has 4 atom stereocenters. The fourth-order valence-electron chi connectivity index (χ4n) is 8.19. The maximum absolute atomic E-state index is 14.1. The van der Waals surface area contributed by atoms with Gasteiger partial charge in [-0.25, -0.2) is 0 Å². The summed E-state index contributed by atoms with van der Waals surface area (Å²) in [5.41, 5.74) is 3.29. The Morgan fingerprint density at radius 2 is 2.00 bits per heavy atom. The lowest BCUT2D eigenvalue weighted by Gasteiger charge is -2.48. The molecule has 1 N–H and O–H groups in total. The number of methoxy groups -OCH3 is 1. The third-order valence-electron chi connectivity index (χ3n) is 10.1. The van der Waals surface area contributed by atoms with Gasteiger partial charge in [0.1, 0.15) is 5.75 Å². The number of carbonyl (C=O) groups excluding carboxylic acids is 1. The second-order valence-corrected chi connectivity index (χ2v) is 11.1. The van der Waals surface area contributed by atoms with Crippen LogP contribution in [0, 0.1) is 23.7 Å². The number of carbonyl (C=O) groups is 1. The Hall–Kier alpha value is -2.01. The molecule has 2 saturated carbocycles. The summed E-state index contributed by atoms with van der Waals surface area (Å²) in [5, 5.41) is 4.65. The molecule has 2 bridgehead atoms. The lowest BCUT2D eigenvalue weighted by molar-refractivity contribution is 0.0475. The predicted octanol–water partition coefficient (Wildman–Crippen LogP) is 6.25. The van der Waals surface area contributed by atoms with E-state index in [0.29, 0.717) is 0 Å².